The van der Waals surface area contributed by atoms with E-state index in [-0.39, 0.29) is 17.7 Å². The number of phenolic OH excluding ortho intramolecular Hbond substituents is 1. The first-order valence-electron chi connectivity index (χ1n) is 12.2. The summed E-state index contributed by atoms with van der Waals surface area (Å²) >= 11 is 0. The van der Waals surface area contributed by atoms with Crippen molar-refractivity contribution in [2.45, 2.75) is 46.2 Å². The summed E-state index contributed by atoms with van der Waals surface area (Å²) in [6.45, 7) is 8.63. The Balaban J connectivity index is 1.65. The van der Waals surface area contributed by atoms with E-state index < -0.39 is 0 Å². The highest BCUT2D eigenvalue weighted by Crippen LogP contribution is 2.46. The molecule has 1 unspecified atom stereocenters. The van der Waals surface area contributed by atoms with E-state index in [2.05, 4.69) is 48.3 Å². The fourth-order valence-corrected chi connectivity index (χ4v) is 5.04. The SMILES string of the molecule is COc1ccc(CN2C(=O)c3[nH]nc(-c4cc(C)cc(C)c4O)c3C2c2ccc(C(C)C)cc2)cc1. The highest BCUT2D eigenvalue weighted by Gasteiger charge is 2.42. The molecule has 4 aromatic rings. The molecule has 1 amide bonds. The van der Waals surface area contributed by atoms with Crippen molar-refractivity contribution < 1.29 is 14.6 Å². The summed E-state index contributed by atoms with van der Waals surface area (Å²) in [5.41, 5.74) is 7.55. The largest absolute Gasteiger partial charge is 0.507 e. The Morgan fingerprint density at radius 3 is 2.39 bits per heavy atom. The average Bonchev–Trinajstić information content (AvgIpc) is 3.41. The lowest BCUT2D eigenvalue weighted by Crippen LogP contribution is -2.29. The molecule has 6 heteroatoms. The number of aromatic nitrogens is 2. The second-order valence-electron chi connectivity index (χ2n) is 9.84. The molecule has 184 valence electrons. The van der Waals surface area contributed by atoms with Gasteiger partial charge >= 0.3 is 0 Å². The molecule has 0 aliphatic carbocycles. The van der Waals surface area contributed by atoms with Crippen LogP contribution in [0.5, 0.6) is 11.5 Å². The molecule has 1 aliphatic heterocycles. The highest BCUT2D eigenvalue weighted by molar-refractivity contribution is 6.00. The van der Waals surface area contributed by atoms with Crippen LogP contribution in [0.1, 0.15) is 69.7 Å². The summed E-state index contributed by atoms with van der Waals surface area (Å²) in [6.07, 6.45) is 0. The van der Waals surface area contributed by atoms with Gasteiger partial charge in [0.2, 0.25) is 0 Å². The lowest BCUT2D eigenvalue weighted by atomic mass is 9.92. The molecule has 1 aliphatic rings. The van der Waals surface area contributed by atoms with Crippen LogP contribution >= 0.6 is 0 Å². The Bertz CT molecular complexity index is 1420. The van der Waals surface area contributed by atoms with Crippen molar-refractivity contribution in [1.29, 1.82) is 0 Å². The second-order valence-corrected chi connectivity index (χ2v) is 9.84. The number of aryl methyl sites for hydroxylation is 2. The molecule has 3 aromatic carbocycles. The zero-order chi connectivity index (χ0) is 25.6. The standard InChI is InChI=1S/C30H31N3O3/c1-17(2)21-8-10-22(11-9-21)28-25-26(24-15-18(3)14-19(4)29(24)34)31-32-27(25)30(35)33(28)16-20-6-12-23(36-5)13-7-20/h6-15,17,28,34H,16H2,1-5H3,(H,31,32). The second kappa shape index (κ2) is 9.19. The normalized spacial score (nSPS) is 15.0. The fraction of sp³-hybridized carbons (Fsp3) is 0.267. The quantitative estimate of drug-likeness (QED) is 0.340. The van der Waals surface area contributed by atoms with E-state index in [1.54, 1.807) is 7.11 Å². The Morgan fingerprint density at radius 1 is 1.06 bits per heavy atom. The first kappa shape index (κ1) is 23.7. The van der Waals surface area contributed by atoms with Crippen LogP contribution in [0.2, 0.25) is 0 Å². The molecule has 1 atom stereocenters. The van der Waals surface area contributed by atoms with E-state index in [1.807, 2.05) is 55.1 Å². The maximum absolute atomic E-state index is 13.7. The average molecular weight is 482 g/mol. The van der Waals surface area contributed by atoms with Crippen molar-refractivity contribution >= 4 is 5.91 Å². The van der Waals surface area contributed by atoms with Crippen LogP contribution in [0.25, 0.3) is 11.3 Å². The maximum Gasteiger partial charge on any atom is 0.273 e. The molecule has 36 heavy (non-hydrogen) atoms. The van der Waals surface area contributed by atoms with Gasteiger partial charge in [-0.1, -0.05) is 56.3 Å². The van der Waals surface area contributed by atoms with Crippen molar-refractivity contribution in [1.82, 2.24) is 15.1 Å². The molecule has 0 spiro atoms. The van der Waals surface area contributed by atoms with Crippen molar-refractivity contribution in [2.24, 2.45) is 0 Å². The molecule has 0 radical (unpaired) electrons. The van der Waals surface area contributed by atoms with E-state index in [0.717, 1.165) is 33.6 Å². The molecule has 6 nitrogen and oxygen atoms in total. The van der Waals surface area contributed by atoms with Gasteiger partial charge in [0, 0.05) is 17.7 Å². The van der Waals surface area contributed by atoms with Crippen molar-refractivity contribution in [3.63, 3.8) is 0 Å². The van der Waals surface area contributed by atoms with Gasteiger partial charge in [-0.15, -0.1) is 0 Å². The van der Waals surface area contributed by atoms with Crippen LogP contribution in [0.15, 0.2) is 60.7 Å². The molecule has 2 N–H and O–H groups in total. The van der Waals surface area contributed by atoms with Gasteiger partial charge in [0.1, 0.15) is 22.9 Å². The Hall–Kier alpha value is -4.06. The highest BCUT2D eigenvalue weighted by atomic mass is 16.5. The van der Waals surface area contributed by atoms with Gasteiger partial charge in [0.15, 0.2) is 0 Å². The van der Waals surface area contributed by atoms with Gasteiger partial charge in [-0.2, -0.15) is 5.10 Å². The van der Waals surface area contributed by atoms with Gasteiger partial charge in [-0.05, 0) is 65.8 Å². The molecule has 1 aromatic heterocycles. The van der Waals surface area contributed by atoms with Crippen LogP contribution < -0.4 is 4.74 Å². The number of H-pyrrole nitrogens is 1. The summed E-state index contributed by atoms with van der Waals surface area (Å²) in [7, 11) is 1.64. The third-order valence-electron chi connectivity index (χ3n) is 6.99. The van der Waals surface area contributed by atoms with Crippen LogP contribution in [0.3, 0.4) is 0 Å². The predicted octanol–water partition coefficient (Wildman–Crippen LogP) is 6.28. The number of phenols is 1. The molecule has 5 rings (SSSR count). The number of methoxy groups -OCH3 is 1. The molecular weight excluding hydrogens is 450 g/mol. The lowest BCUT2D eigenvalue weighted by molar-refractivity contribution is 0.0730. The van der Waals surface area contributed by atoms with Crippen LogP contribution in [-0.4, -0.2) is 33.2 Å². The minimum Gasteiger partial charge on any atom is -0.507 e. The first-order chi connectivity index (χ1) is 17.3. The van der Waals surface area contributed by atoms with E-state index >= 15 is 0 Å². The number of rotatable bonds is 6. The number of ether oxygens (including phenoxy) is 1. The van der Waals surface area contributed by atoms with Crippen molar-refractivity contribution in [3.8, 4) is 22.8 Å². The van der Waals surface area contributed by atoms with Gasteiger partial charge < -0.3 is 14.7 Å². The lowest BCUT2D eigenvalue weighted by Gasteiger charge is -2.27. The van der Waals surface area contributed by atoms with Crippen molar-refractivity contribution in [2.75, 3.05) is 7.11 Å². The van der Waals surface area contributed by atoms with Crippen LogP contribution in [-0.2, 0) is 6.54 Å². The number of aromatic hydroxyl groups is 1. The number of aromatic amines is 1. The van der Waals surface area contributed by atoms with Gasteiger partial charge in [0.25, 0.3) is 5.91 Å². The summed E-state index contributed by atoms with van der Waals surface area (Å²) in [4.78, 5) is 15.6. The van der Waals surface area contributed by atoms with Crippen molar-refractivity contribution in [3.05, 3.63) is 99.7 Å². The molecular formula is C30H31N3O3. The van der Waals surface area contributed by atoms with Gasteiger partial charge in [-0.3, -0.25) is 9.89 Å². The number of carbonyl (C=O) groups is 1. The zero-order valence-electron chi connectivity index (χ0n) is 21.3. The minimum atomic E-state index is -0.343. The molecule has 0 bridgehead atoms. The van der Waals surface area contributed by atoms with Crippen LogP contribution in [0, 0.1) is 13.8 Å². The summed E-state index contributed by atoms with van der Waals surface area (Å²) in [5.74, 6) is 1.26. The maximum atomic E-state index is 13.7. The third kappa shape index (κ3) is 4.02. The number of carbonyl (C=O) groups excluding carboxylic acids is 1. The van der Waals surface area contributed by atoms with E-state index in [1.165, 1.54) is 5.56 Å². The summed E-state index contributed by atoms with van der Waals surface area (Å²) in [6, 6.07) is 19.7. The monoisotopic (exact) mass is 481 g/mol. The molecule has 2 heterocycles. The number of nitrogens with zero attached hydrogens (tertiary/aromatic N) is 2. The van der Waals surface area contributed by atoms with E-state index in [0.29, 0.717) is 29.4 Å². The number of hydrogen-bond acceptors (Lipinski definition) is 4. The number of amides is 1. The number of fused-ring (bicyclic) bond motifs is 1. The zero-order valence-corrected chi connectivity index (χ0v) is 21.3. The predicted molar refractivity (Wildman–Crippen MR) is 140 cm³/mol. The van der Waals surface area contributed by atoms with Gasteiger partial charge in [-0.25, -0.2) is 0 Å². The minimum absolute atomic E-state index is 0.110. The third-order valence-corrected chi connectivity index (χ3v) is 6.99. The van der Waals surface area contributed by atoms with Gasteiger partial charge in [0.05, 0.1) is 13.2 Å². The molecule has 0 fully saturated rings. The Kier molecular flexibility index (Phi) is 6.04. The first-order valence-corrected chi connectivity index (χ1v) is 12.2. The smallest absolute Gasteiger partial charge is 0.273 e. The topological polar surface area (TPSA) is 78.5 Å². The number of benzene rings is 3. The molecule has 0 saturated carbocycles. The number of nitrogens with one attached hydrogen (secondary N) is 1. The molecule has 0 saturated heterocycles. The Labute approximate surface area is 211 Å². The number of hydrogen-bond donors (Lipinski definition) is 2. The summed E-state index contributed by atoms with van der Waals surface area (Å²) < 4.78 is 5.30. The van der Waals surface area contributed by atoms with E-state index in [4.69, 9.17) is 4.74 Å². The Morgan fingerprint density at radius 2 is 1.75 bits per heavy atom. The fourth-order valence-electron chi connectivity index (χ4n) is 5.04. The van der Waals surface area contributed by atoms with Crippen LogP contribution in [0.4, 0.5) is 0 Å². The summed E-state index contributed by atoms with van der Waals surface area (Å²) in [5, 5.41) is 18.5. The van der Waals surface area contributed by atoms with E-state index in [9.17, 15) is 9.90 Å².